The molecule has 0 saturated carbocycles. The number of anilines is 1. The van der Waals surface area contributed by atoms with Crippen LogP contribution in [0.2, 0.25) is 5.02 Å². The lowest BCUT2D eigenvalue weighted by atomic mass is 10.2. The number of hydrogen-bond donors (Lipinski definition) is 4. The molecule has 11 nitrogen and oxygen atoms in total. The molecule has 4 N–H and O–H groups in total. The van der Waals surface area contributed by atoms with E-state index in [-0.39, 0.29) is 0 Å². The third-order valence-electron chi connectivity index (χ3n) is 4.48. The second-order valence-corrected chi connectivity index (χ2v) is 7.25. The standard InChI is InChI=1S/C18H21ClN2O.2C2H2O4/c1-22-18-4-2-3-17(13-18)21-11-9-20(10-12-21)14-15-5-7-16(19)8-6-15;2*3-1(4)2(5)6/h2-8,13H,9-12,14H2,1H3;2*(H,3,4)(H,5,6). The molecule has 0 bridgehead atoms. The van der Waals surface area contributed by atoms with Crippen molar-refractivity contribution in [3.8, 4) is 5.75 Å². The first-order valence-electron chi connectivity index (χ1n) is 9.81. The Morgan fingerprint density at radius 3 is 1.76 bits per heavy atom. The summed E-state index contributed by atoms with van der Waals surface area (Å²) in [5, 5.41) is 30.4. The largest absolute Gasteiger partial charge is 0.497 e. The maximum atomic E-state index is 9.10. The summed E-state index contributed by atoms with van der Waals surface area (Å²) in [6.45, 7) is 5.21. The van der Waals surface area contributed by atoms with E-state index in [0.717, 1.165) is 43.5 Å². The van der Waals surface area contributed by atoms with Crippen LogP contribution in [0.15, 0.2) is 48.5 Å². The summed E-state index contributed by atoms with van der Waals surface area (Å²) < 4.78 is 5.31. The number of aliphatic carboxylic acids is 4. The zero-order valence-corrected chi connectivity index (χ0v) is 19.0. The Bertz CT molecular complexity index is 927. The predicted octanol–water partition coefficient (Wildman–Crippen LogP) is 1.98. The van der Waals surface area contributed by atoms with E-state index in [0.29, 0.717) is 0 Å². The molecule has 1 aliphatic heterocycles. The van der Waals surface area contributed by atoms with Crippen LogP contribution in [0.3, 0.4) is 0 Å². The Labute approximate surface area is 200 Å². The number of piperazine rings is 1. The molecule has 0 amide bonds. The van der Waals surface area contributed by atoms with Crippen LogP contribution < -0.4 is 9.64 Å². The second kappa shape index (κ2) is 14.3. The van der Waals surface area contributed by atoms with E-state index in [1.165, 1.54) is 11.3 Å². The van der Waals surface area contributed by atoms with Gasteiger partial charge in [-0.05, 0) is 29.8 Å². The van der Waals surface area contributed by atoms with Crippen LogP contribution in [-0.4, -0.2) is 82.5 Å². The number of benzene rings is 2. The van der Waals surface area contributed by atoms with Gasteiger partial charge in [0.25, 0.3) is 0 Å². The van der Waals surface area contributed by atoms with Crippen LogP contribution >= 0.6 is 11.6 Å². The molecule has 12 heteroatoms. The molecule has 0 aromatic heterocycles. The first kappa shape index (κ1) is 28.2. The number of nitrogens with zero attached hydrogens (tertiary/aromatic N) is 2. The van der Waals surface area contributed by atoms with E-state index < -0.39 is 23.9 Å². The SMILES string of the molecule is COc1cccc(N2CCN(Cc3ccc(Cl)cc3)CC2)c1.O=C(O)C(=O)O.O=C(O)C(=O)O. The topological polar surface area (TPSA) is 165 Å². The molecule has 1 fully saturated rings. The molecule has 2 aromatic rings. The van der Waals surface area contributed by atoms with E-state index in [1.807, 2.05) is 24.3 Å². The number of halogens is 1. The summed E-state index contributed by atoms with van der Waals surface area (Å²) in [4.78, 5) is 41.3. The highest BCUT2D eigenvalue weighted by Gasteiger charge is 2.17. The van der Waals surface area contributed by atoms with Crippen molar-refractivity contribution in [3.63, 3.8) is 0 Å². The van der Waals surface area contributed by atoms with Crippen LogP contribution in [0.4, 0.5) is 5.69 Å². The molecule has 2 aromatic carbocycles. The fourth-order valence-electron chi connectivity index (χ4n) is 2.82. The fourth-order valence-corrected chi connectivity index (χ4v) is 2.95. The summed E-state index contributed by atoms with van der Waals surface area (Å²) in [7, 11) is 1.71. The maximum absolute atomic E-state index is 9.10. The van der Waals surface area contributed by atoms with Gasteiger partial charge in [-0.25, -0.2) is 19.2 Å². The Kier molecular flexibility index (Phi) is 11.9. The van der Waals surface area contributed by atoms with Crippen molar-refractivity contribution in [2.75, 3.05) is 38.2 Å². The van der Waals surface area contributed by atoms with Crippen molar-refractivity contribution in [3.05, 3.63) is 59.1 Å². The molecule has 0 radical (unpaired) electrons. The van der Waals surface area contributed by atoms with Crippen molar-refractivity contribution >= 4 is 41.2 Å². The van der Waals surface area contributed by atoms with Crippen LogP contribution in [0, 0.1) is 0 Å². The number of carboxylic acid groups (broad SMARTS) is 4. The van der Waals surface area contributed by atoms with Gasteiger partial charge >= 0.3 is 23.9 Å². The number of carbonyl (C=O) groups is 4. The third-order valence-corrected chi connectivity index (χ3v) is 4.73. The minimum absolute atomic E-state index is 0.798. The normalized spacial score (nSPS) is 12.8. The quantitative estimate of drug-likeness (QED) is 0.457. The van der Waals surface area contributed by atoms with E-state index in [2.05, 4.69) is 34.1 Å². The average Bonchev–Trinajstić information content (AvgIpc) is 2.82. The van der Waals surface area contributed by atoms with Crippen molar-refractivity contribution in [1.29, 1.82) is 0 Å². The van der Waals surface area contributed by atoms with Gasteiger partial charge in [-0.2, -0.15) is 0 Å². The van der Waals surface area contributed by atoms with Crippen LogP contribution in [-0.2, 0) is 25.7 Å². The van der Waals surface area contributed by atoms with Crippen molar-refractivity contribution < 1.29 is 44.3 Å². The highest BCUT2D eigenvalue weighted by Crippen LogP contribution is 2.22. The Balaban J connectivity index is 0.000000401. The lowest BCUT2D eigenvalue weighted by molar-refractivity contribution is -0.159. The second-order valence-electron chi connectivity index (χ2n) is 6.81. The lowest BCUT2D eigenvalue weighted by Gasteiger charge is -2.36. The Hall–Kier alpha value is -3.83. The van der Waals surface area contributed by atoms with Gasteiger partial charge in [0.2, 0.25) is 0 Å². The van der Waals surface area contributed by atoms with E-state index in [1.54, 1.807) is 7.11 Å². The monoisotopic (exact) mass is 496 g/mol. The van der Waals surface area contributed by atoms with Crippen LogP contribution in [0.5, 0.6) is 5.75 Å². The van der Waals surface area contributed by atoms with Gasteiger partial charge in [-0.1, -0.05) is 29.8 Å². The van der Waals surface area contributed by atoms with Crippen LogP contribution in [0.1, 0.15) is 5.56 Å². The number of carboxylic acids is 4. The van der Waals surface area contributed by atoms with Crippen molar-refractivity contribution in [2.24, 2.45) is 0 Å². The number of hydrogen-bond acceptors (Lipinski definition) is 7. The minimum Gasteiger partial charge on any atom is -0.497 e. The van der Waals surface area contributed by atoms with Gasteiger partial charge in [-0.3, -0.25) is 4.90 Å². The molecule has 184 valence electrons. The third kappa shape index (κ3) is 10.7. The summed E-state index contributed by atoms with van der Waals surface area (Å²) in [5.74, 6) is -6.38. The smallest absolute Gasteiger partial charge is 0.414 e. The summed E-state index contributed by atoms with van der Waals surface area (Å²) in [5.41, 5.74) is 2.56. The summed E-state index contributed by atoms with van der Waals surface area (Å²) in [6, 6.07) is 16.4. The van der Waals surface area contributed by atoms with Gasteiger partial charge in [0.15, 0.2) is 0 Å². The Morgan fingerprint density at radius 2 is 1.32 bits per heavy atom. The highest BCUT2D eigenvalue weighted by atomic mass is 35.5. The molecule has 0 unspecified atom stereocenters. The summed E-state index contributed by atoms with van der Waals surface area (Å²) in [6.07, 6.45) is 0. The molecular formula is C22H25ClN2O9. The van der Waals surface area contributed by atoms with Crippen molar-refractivity contribution in [2.45, 2.75) is 6.54 Å². The average molecular weight is 497 g/mol. The minimum atomic E-state index is -1.82. The molecule has 0 aliphatic carbocycles. The summed E-state index contributed by atoms with van der Waals surface area (Å²) >= 11 is 5.94. The molecule has 0 atom stereocenters. The van der Waals surface area contributed by atoms with E-state index in [4.69, 9.17) is 55.9 Å². The first-order chi connectivity index (χ1) is 16.0. The van der Waals surface area contributed by atoms with E-state index in [9.17, 15) is 0 Å². The molecule has 1 aliphatic rings. The van der Waals surface area contributed by atoms with Crippen molar-refractivity contribution in [1.82, 2.24) is 4.90 Å². The maximum Gasteiger partial charge on any atom is 0.414 e. The molecule has 3 rings (SSSR count). The van der Waals surface area contributed by atoms with Gasteiger partial charge in [0, 0.05) is 49.5 Å². The number of methoxy groups -OCH3 is 1. The molecular weight excluding hydrogens is 472 g/mol. The van der Waals surface area contributed by atoms with Gasteiger partial charge in [0.1, 0.15) is 5.75 Å². The zero-order chi connectivity index (χ0) is 25.7. The Morgan fingerprint density at radius 1 is 0.824 bits per heavy atom. The number of rotatable bonds is 4. The lowest BCUT2D eigenvalue weighted by Crippen LogP contribution is -2.45. The van der Waals surface area contributed by atoms with Crippen LogP contribution in [0.25, 0.3) is 0 Å². The van der Waals surface area contributed by atoms with Gasteiger partial charge in [-0.15, -0.1) is 0 Å². The molecule has 1 saturated heterocycles. The highest BCUT2D eigenvalue weighted by molar-refractivity contribution is 6.30. The zero-order valence-electron chi connectivity index (χ0n) is 18.3. The number of ether oxygens (including phenoxy) is 1. The van der Waals surface area contributed by atoms with E-state index >= 15 is 0 Å². The van der Waals surface area contributed by atoms with Gasteiger partial charge < -0.3 is 30.1 Å². The molecule has 0 spiro atoms. The fraction of sp³-hybridized carbons (Fsp3) is 0.273. The molecule has 1 heterocycles. The van der Waals surface area contributed by atoms with Gasteiger partial charge in [0.05, 0.1) is 7.11 Å². The molecule has 34 heavy (non-hydrogen) atoms. The predicted molar refractivity (Wildman–Crippen MR) is 122 cm³/mol. The first-order valence-corrected chi connectivity index (χ1v) is 10.2.